The summed E-state index contributed by atoms with van der Waals surface area (Å²) >= 11 is 6.47. The summed E-state index contributed by atoms with van der Waals surface area (Å²) in [6.45, 7) is 0. The lowest BCUT2D eigenvalue weighted by molar-refractivity contribution is -0.133. The van der Waals surface area contributed by atoms with E-state index in [1.54, 1.807) is 12.1 Å². The molecule has 0 spiro atoms. The van der Waals surface area contributed by atoms with Gasteiger partial charge in [-0.3, -0.25) is 24.2 Å². The summed E-state index contributed by atoms with van der Waals surface area (Å²) in [6.07, 6.45) is -1.92. The molecule has 2 heterocycles. The first-order chi connectivity index (χ1) is 20.5. The Kier molecular flexibility index (Phi) is 8.39. The van der Waals surface area contributed by atoms with E-state index in [1.165, 1.54) is 42.6 Å². The third-order valence-electron chi connectivity index (χ3n) is 7.41. The second kappa shape index (κ2) is 12.0. The molecule has 0 bridgehead atoms. The van der Waals surface area contributed by atoms with Crippen molar-refractivity contribution in [2.45, 2.75) is 55.8 Å². The van der Waals surface area contributed by atoms with Crippen LogP contribution in [0.25, 0.3) is 0 Å². The maximum absolute atomic E-state index is 14.5. The monoisotopic (exact) mass is 611 g/mol. The van der Waals surface area contributed by atoms with E-state index in [2.05, 4.69) is 10.3 Å². The minimum absolute atomic E-state index is 0.0231. The third-order valence-corrected chi connectivity index (χ3v) is 7.76. The van der Waals surface area contributed by atoms with Gasteiger partial charge in [0.05, 0.1) is 17.7 Å². The Labute approximate surface area is 249 Å². The Morgan fingerprint density at radius 2 is 1.93 bits per heavy atom. The molecule has 1 aliphatic heterocycles. The lowest BCUT2D eigenvalue weighted by atomic mass is 9.87. The van der Waals surface area contributed by atoms with E-state index < -0.39 is 73.0 Å². The third kappa shape index (κ3) is 6.33. The molecular weight excluding hydrogens is 587 g/mol. The number of alkyl halides is 2. The smallest absolute Gasteiger partial charge is 0.257 e. The largest absolute Gasteiger partial charge is 0.383 e. The number of amides is 3. The van der Waals surface area contributed by atoms with Crippen LogP contribution in [-0.4, -0.2) is 51.9 Å². The molecule has 3 atom stereocenters. The Hall–Kier alpha value is -4.47. The fourth-order valence-corrected chi connectivity index (χ4v) is 5.64. The maximum Gasteiger partial charge on any atom is 0.257 e. The van der Waals surface area contributed by atoms with Crippen LogP contribution in [0.4, 0.5) is 24.7 Å². The zero-order valence-corrected chi connectivity index (χ0v) is 23.2. The van der Waals surface area contributed by atoms with Crippen molar-refractivity contribution in [1.29, 1.82) is 5.26 Å². The molecule has 1 aromatic heterocycles. The zero-order valence-electron chi connectivity index (χ0n) is 22.5. The van der Waals surface area contributed by atoms with Crippen LogP contribution in [-0.2, 0) is 14.4 Å². The summed E-state index contributed by atoms with van der Waals surface area (Å²) in [5.41, 5.74) is 0.334. The van der Waals surface area contributed by atoms with Crippen LogP contribution >= 0.6 is 11.6 Å². The van der Waals surface area contributed by atoms with Crippen molar-refractivity contribution in [2.75, 3.05) is 9.80 Å². The van der Waals surface area contributed by atoms with Gasteiger partial charge in [-0.05, 0) is 36.4 Å². The molecule has 9 nitrogen and oxygen atoms in total. The minimum Gasteiger partial charge on any atom is -0.383 e. The zero-order chi connectivity index (χ0) is 30.9. The number of nitrogens with zero attached hydrogens (tertiary/aromatic N) is 4. The number of nitrogens with one attached hydrogen (secondary N) is 1. The predicted molar refractivity (Wildman–Crippen MR) is 150 cm³/mol. The minimum atomic E-state index is -2.92. The molecule has 2 aliphatic rings. The van der Waals surface area contributed by atoms with Crippen molar-refractivity contribution < 1.29 is 32.7 Å². The SMILES string of the molecule is N#Cc1ccnc(N2C(=O)[C@H](O)C[C@H]2CC(=O)N(c2cccc(F)c2)[C@H](C(=O)NC2CC(F)(F)C2)c2ccccc2Cl)c1. The molecule has 0 unspecified atom stereocenters. The fourth-order valence-electron chi connectivity index (χ4n) is 5.40. The number of nitriles is 1. The summed E-state index contributed by atoms with van der Waals surface area (Å²) in [4.78, 5) is 47.2. The molecule has 3 amide bonds. The van der Waals surface area contributed by atoms with Crippen molar-refractivity contribution in [2.24, 2.45) is 0 Å². The van der Waals surface area contributed by atoms with Gasteiger partial charge in [-0.15, -0.1) is 0 Å². The molecule has 43 heavy (non-hydrogen) atoms. The molecule has 2 N–H and O–H groups in total. The van der Waals surface area contributed by atoms with Crippen molar-refractivity contribution >= 4 is 40.8 Å². The van der Waals surface area contributed by atoms with Crippen molar-refractivity contribution in [3.8, 4) is 6.07 Å². The summed E-state index contributed by atoms with van der Waals surface area (Å²) in [5.74, 6) is -5.89. The fraction of sp³-hybridized carbons (Fsp3) is 0.300. The topological polar surface area (TPSA) is 127 Å². The molecule has 2 fully saturated rings. The van der Waals surface area contributed by atoms with E-state index in [0.29, 0.717) is 0 Å². The number of hydrogen-bond acceptors (Lipinski definition) is 6. The van der Waals surface area contributed by atoms with Gasteiger partial charge < -0.3 is 10.4 Å². The number of carbonyl (C=O) groups is 3. The Balaban J connectivity index is 1.54. The number of hydrogen-bond donors (Lipinski definition) is 2. The van der Waals surface area contributed by atoms with Crippen molar-refractivity contribution in [1.82, 2.24) is 10.3 Å². The molecule has 1 saturated heterocycles. The van der Waals surface area contributed by atoms with Crippen molar-refractivity contribution in [3.05, 3.63) is 88.8 Å². The van der Waals surface area contributed by atoms with E-state index >= 15 is 0 Å². The average molecular weight is 612 g/mol. The van der Waals surface area contributed by atoms with Gasteiger partial charge >= 0.3 is 0 Å². The average Bonchev–Trinajstić information content (AvgIpc) is 3.23. The maximum atomic E-state index is 14.5. The first kappa shape index (κ1) is 30.0. The highest BCUT2D eigenvalue weighted by Crippen LogP contribution is 2.39. The van der Waals surface area contributed by atoms with Crippen molar-refractivity contribution in [3.63, 3.8) is 0 Å². The number of aliphatic hydroxyl groups is 1. The van der Waals surface area contributed by atoms with Gasteiger partial charge in [-0.25, -0.2) is 18.2 Å². The number of aliphatic hydroxyl groups excluding tert-OH is 1. The lowest BCUT2D eigenvalue weighted by Crippen LogP contribution is -2.54. The van der Waals surface area contributed by atoms with E-state index in [1.807, 2.05) is 6.07 Å². The number of carbonyl (C=O) groups excluding carboxylic acids is 3. The molecule has 5 rings (SSSR count). The molecular formula is C30H25ClF3N5O4. The van der Waals surface area contributed by atoms with Crippen LogP contribution < -0.4 is 15.1 Å². The lowest BCUT2D eigenvalue weighted by Gasteiger charge is -2.38. The van der Waals surface area contributed by atoms with E-state index in [0.717, 1.165) is 21.9 Å². The van der Waals surface area contributed by atoms with Crippen LogP contribution in [0.1, 0.15) is 42.9 Å². The molecule has 1 saturated carbocycles. The Bertz CT molecular complexity index is 1610. The van der Waals surface area contributed by atoms with E-state index in [4.69, 9.17) is 11.6 Å². The van der Waals surface area contributed by atoms with Gasteiger partial charge in [-0.1, -0.05) is 35.9 Å². The first-order valence-corrected chi connectivity index (χ1v) is 13.7. The number of anilines is 2. The van der Waals surface area contributed by atoms with Crippen LogP contribution in [0.3, 0.4) is 0 Å². The van der Waals surface area contributed by atoms with E-state index in [9.17, 15) is 37.9 Å². The van der Waals surface area contributed by atoms with Gasteiger partial charge in [0.2, 0.25) is 11.8 Å². The summed E-state index contributed by atoms with van der Waals surface area (Å²) in [6, 6.07) is 12.5. The summed E-state index contributed by atoms with van der Waals surface area (Å²) in [7, 11) is 0. The summed E-state index contributed by atoms with van der Waals surface area (Å²) < 4.78 is 41.7. The van der Waals surface area contributed by atoms with Gasteiger partial charge in [0, 0.05) is 54.2 Å². The van der Waals surface area contributed by atoms with Crippen LogP contribution in [0.5, 0.6) is 0 Å². The van der Waals surface area contributed by atoms with Gasteiger partial charge in [0.15, 0.2) is 0 Å². The number of benzene rings is 2. The molecule has 0 radical (unpaired) electrons. The Morgan fingerprint density at radius 3 is 2.60 bits per heavy atom. The first-order valence-electron chi connectivity index (χ1n) is 13.3. The van der Waals surface area contributed by atoms with Gasteiger partial charge in [0.25, 0.3) is 11.8 Å². The predicted octanol–water partition coefficient (Wildman–Crippen LogP) is 4.29. The van der Waals surface area contributed by atoms with Crippen LogP contribution in [0, 0.1) is 17.1 Å². The highest BCUT2D eigenvalue weighted by molar-refractivity contribution is 6.31. The van der Waals surface area contributed by atoms with Crippen LogP contribution in [0.2, 0.25) is 5.02 Å². The second-order valence-corrected chi connectivity index (χ2v) is 10.9. The molecule has 13 heteroatoms. The molecule has 3 aromatic rings. The normalized spacial score (nSPS) is 20.2. The quantitative estimate of drug-likeness (QED) is 0.391. The highest BCUT2D eigenvalue weighted by Gasteiger charge is 2.48. The molecule has 2 aromatic carbocycles. The van der Waals surface area contributed by atoms with Crippen LogP contribution in [0.15, 0.2) is 66.9 Å². The van der Waals surface area contributed by atoms with Gasteiger partial charge in [0.1, 0.15) is 23.8 Å². The molecule has 1 aliphatic carbocycles. The molecule has 222 valence electrons. The standard InChI is InChI=1S/C30H25ClF3N5O4/c31-23-7-2-1-6-22(23)27(28(42)37-19-14-30(33,34)15-19)39(20-5-3-4-18(32)11-20)26(41)13-21-12-24(40)29(43)38(21)25-10-17(16-35)8-9-36-25/h1-11,19,21,24,27,40H,12-15H2,(H,37,42)/t21-,24+,27-/m0/s1. The van der Waals surface area contributed by atoms with E-state index in [-0.39, 0.29) is 34.1 Å². The number of pyridine rings is 1. The van der Waals surface area contributed by atoms with Gasteiger partial charge in [-0.2, -0.15) is 5.26 Å². The Morgan fingerprint density at radius 1 is 1.19 bits per heavy atom. The second-order valence-electron chi connectivity index (χ2n) is 10.5. The highest BCUT2D eigenvalue weighted by atomic mass is 35.5. The number of rotatable bonds is 8. The number of aromatic nitrogens is 1. The number of halogens is 4. The summed E-state index contributed by atoms with van der Waals surface area (Å²) in [5, 5.41) is 22.4.